The third-order valence-electron chi connectivity index (χ3n) is 3.18. The van der Waals surface area contributed by atoms with Gasteiger partial charge in [0.05, 0.1) is 0 Å². The van der Waals surface area contributed by atoms with Gasteiger partial charge in [-0.2, -0.15) is 5.26 Å². The summed E-state index contributed by atoms with van der Waals surface area (Å²) in [5.74, 6) is 0.934. The van der Waals surface area contributed by atoms with Crippen LogP contribution in [0.15, 0.2) is 12.4 Å². The van der Waals surface area contributed by atoms with Crippen LogP contribution in [0.1, 0.15) is 31.4 Å². The number of carbonyl (C=O) groups is 1. The lowest BCUT2D eigenvalue weighted by atomic mass is 9.93. The van der Waals surface area contributed by atoms with Crippen molar-refractivity contribution in [1.29, 1.82) is 5.26 Å². The van der Waals surface area contributed by atoms with Crippen LogP contribution in [0.3, 0.4) is 0 Å². The summed E-state index contributed by atoms with van der Waals surface area (Å²) in [6.07, 6.45) is 6.00. The molecule has 1 aliphatic carbocycles. The summed E-state index contributed by atoms with van der Waals surface area (Å²) in [4.78, 5) is 21.4. The van der Waals surface area contributed by atoms with Crippen molar-refractivity contribution in [3.05, 3.63) is 18.1 Å². The highest BCUT2D eigenvalue weighted by atomic mass is 16.1. The Bertz CT molecular complexity index is 456. The lowest BCUT2D eigenvalue weighted by Crippen LogP contribution is -2.36. The predicted molar refractivity (Wildman–Crippen MR) is 62.4 cm³/mol. The van der Waals surface area contributed by atoms with Crippen molar-refractivity contribution in [2.45, 2.75) is 31.7 Å². The van der Waals surface area contributed by atoms with Gasteiger partial charge in [0.25, 0.3) is 0 Å². The zero-order valence-electron chi connectivity index (χ0n) is 9.76. The maximum Gasteiger partial charge on any atom is 0.183 e. The van der Waals surface area contributed by atoms with Gasteiger partial charge in [0.2, 0.25) is 0 Å². The van der Waals surface area contributed by atoms with Gasteiger partial charge in [-0.15, -0.1) is 0 Å². The van der Waals surface area contributed by atoms with E-state index in [-0.39, 0.29) is 6.04 Å². The maximum absolute atomic E-state index is 11.2. The van der Waals surface area contributed by atoms with Gasteiger partial charge in [0.1, 0.15) is 11.9 Å². The number of hydrogen-bond acceptors (Lipinski definition) is 5. The Morgan fingerprint density at radius 2 is 2.00 bits per heavy atom. The minimum absolute atomic E-state index is 0.275. The number of aromatic nitrogens is 2. The molecule has 2 rings (SSSR count). The molecule has 5 heteroatoms. The molecule has 0 aliphatic heterocycles. The summed E-state index contributed by atoms with van der Waals surface area (Å²) >= 11 is 0. The van der Waals surface area contributed by atoms with Crippen LogP contribution in [0.25, 0.3) is 0 Å². The summed E-state index contributed by atoms with van der Waals surface area (Å²) in [6, 6.07) is 2.32. The van der Waals surface area contributed by atoms with E-state index in [9.17, 15) is 4.79 Å². The van der Waals surface area contributed by atoms with Crippen LogP contribution in [0.4, 0.5) is 5.82 Å². The first-order chi connectivity index (χ1) is 8.22. The fourth-order valence-electron chi connectivity index (χ4n) is 2.15. The molecule has 0 radical (unpaired) electrons. The monoisotopic (exact) mass is 230 g/mol. The first-order valence-corrected chi connectivity index (χ1v) is 5.68. The molecular formula is C12H14N4O. The van der Waals surface area contributed by atoms with Crippen molar-refractivity contribution in [2.24, 2.45) is 0 Å². The molecule has 1 heterocycles. The minimum atomic E-state index is 0.275. The van der Waals surface area contributed by atoms with Crippen LogP contribution < -0.4 is 4.90 Å². The molecule has 0 atom stereocenters. The minimum Gasteiger partial charge on any atom is -0.354 e. The Labute approximate surface area is 100 Å². The van der Waals surface area contributed by atoms with Crippen LogP contribution in [-0.2, 0) is 4.79 Å². The summed E-state index contributed by atoms with van der Waals surface area (Å²) in [5.41, 5.74) is 0.340. The molecule has 1 aromatic rings. The molecule has 88 valence electrons. The van der Waals surface area contributed by atoms with Gasteiger partial charge >= 0.3 is 0 Å². The molecule has 0 unspecified atom stereocenters. The standard InChI is InChI=1S/C12H14N4O/c1-16(9-2-4-10(17)5-3-9)12-11(8-13)14-6-7-15-12/h6-7,9H,2-5H2,1H3. The van der Waals surface area contributed by atoms with Crippen LogP contribution >= 0.6 is 0 Å². The van der Waals surface area contributed by atoms with Gasteiger partial charge in [0.15, 0.2) is 11.5 Å². The van der Waals surface area contributed by atoms with Gasteiger partial charge in [0, 0.05) is 38.3 Å². The summed E-state index contributed by atoms with van der Waals surface area (Å²) < 4.78 is 0. The van der Waals surface area contributed by atoms with Crippen molar-refractivity contribution in [1.82, 2.24) is 9.97 Å². The van der Waals surface area contributed by atoms with E-state index in [1.807, 2.05) is 18.0 Å². The number of hydrogen-bond donors (Lipinski definition) is 0. The number of anilines is 1. The highest BCUT2D eigenvalue weighted by Gasteiger charge is 2.24. The second-order valence-corrected chi connectivity index (χ2v) is 4.22. The molecule has 1 aliphatic rings. The van der Waals surface area contributed by atoms with Gasteiger partial charge in [-0.3, -0.25) is 4.79 Å². The summed E-state index contributed by atoms with van der Waals surface area (Å²) in [6.45, 7) is 0. The number of rotatable bonds is 2. The molecule has 0 spiro atoms. The average molecular weight is 230 g/mol. The number of nitriles is 1. The smallest absolute Gasteiger partial charge is 0.183 e. The van der Waals surface area contributed by atoms with Gasteiger partial charge < -0.3 is 4.90 Å². The first kappa shape index (κ1) is 11.5. The lowest BCUT2D eigenvalue weighted by Gasteiger charge is -2.31. The van der Waals surface area contributed by atoms with Gasteiger partial charge in [-0.25, -0.2) is 9.97 Å². The highest BCUT2D eigenvalue weighted by molar-refractivity contribution is 5.79. The Morgan fingerprint density at radius 3 is 2.65 bits per heavy atom. The third kappa shape index (κ3) is 2.41. The normalized spacial score (nSPS) is 16.6. The second-order valence-electron chi connectivity index (χ2n) is 4.22. The molecule has 1 saturated carbocycles. The fraction of sp³-hybridized carbons (Fsp3) is 0.500. The van der Waals surface area contributed by atoms with E-state index in [4.69, 9.17) is 5.26 Å². The predicted octanol–water partition coefficient (Wildman–Crippen LogP) is 1.30. The Morgan fingerprint density at radius 1 is 1.35 bits per heavy atom. The van der Waals surface area contributed by atoms with Crippen LogP contribution in [-0.4, -0.2) is 28.8 Å². The largest absolute Gasteiger partial charge is 0.354 e. The zero-order chi connectivity index (χ0) is 12.3. The van der Waals surface area contributed by atoms with Gasteiger partial charge in [-0.1, -0.05) is 0 Å². The Kier molecular flexibility index (Phi) is 3.33. The Hall–Kier alpha value is -1.96. The molecule has 0 saturated heterocycles. The number of carbonyl (C=O) groups excluding carboxylic acids is 1. The molecule has 0 aromatic carbocycles. The average Bonchev–Trinajstić information content (AvgIpc) is 2.39. The molecule has 17 heavy (non-hydrogen) atoms. The Balaban J connectivity index is 2.17. The molecule has 1 aromatic heterocycles. The van der Waals surface area contributed by atoms with E-state index >= 15 is 0 Å². The molecule has 0 amide bonds. The molecule has 1 fully saturated rings. The van der Waals surface area contributed by atoms with Crippen molar-refractivity contribution >= 4 is 11.6 Å². The number of ketones is 1. The quantitative estimate of drug-likeness (QED) is 0.765. The SMILES string of the molecule is CN(c1nccnc1C#N)C1CCC(=O)CC1. The second kappa shape index (κ2) is 4.91. The molecule has 5 nitrogen and oxygen atoms in total. The van der Waals surface area contributed by atoms with Crippen LogP contribution in [0.5, 0.6) is 0 Å². The van der Waals surface area contributed by atoms with E-state index < -0.39 is 0 Å². The molecular weight excluding hydrogens is 216 g/mol. The highest BCUT2D eigenvalue weighted by Crippen LogP contribution is 2.24. The van der Waals surface area contributed by atoms with Crippen molar-refractivity contribution in [3.63, 3.8) is 0 Å². The molecule has 0 bridgehead atoms. The summed E-state index contributed by atoms with van der Waals surface area (Å²) in [5, 5.41) is 8.97. The first-order valence-electron chi connectivity index (χ1n) is 5.68. The summed E-state index contributed by atoms with van der Waals surface area (Å²) in [7, 11) is 1.91. The number of nitrogens with zero attached hydrogens (tertiary/aromatic N) is 4. The topological polar surface area (TPSA) is 69.9 Å². The molecule has 0 N–H and O–H groups in total. The van der Waals surface area contributed by atoms with E-state index in [0.717, 1.165) is 12.8 Å². The van der Waals surface area contributed by atoms with Crippen molar-refractivity contribution in [3.8, 4) is 6.07 Å². The van der Waals surface area contributed by atoms with E-state index in [1.54, 1.807) is 6.20 Å². The zero-order valence-corrected chi connectivity index (χ0v) is 9.76. The fourth-order valence-corrected chi connectivity index (χ4v) is 2.15. The van der Waals surface area contributed by atoms with Crippen LogP contribution in [0.2, 0.25) is 0 Å². The number of Topliss-reactive ketones (excluding diaryl/α,β-unsaturated/α-hetero) is 1. The van der Waals surface area contributed by atoms with Crippen molar-refractivity contribution in [2.75, 3.05) is 11.9 Å². The third-order valence-corrected chi connectivity index (χ3v) is 3.18. The van der Waals surface area contributed by atoms with E-state index in [2.05, 4.69) is 9.97 Å². The van der Waals surface area contributed by atoms with Crippen molar-refractivity contribution < 1.29 is 4.79 Å². The van der Waals surface area contributed by atoms with E-state index in [0.29, 0.717) is 30.1 Å². The lowest BCUT2D eigenvalue weighted by molar-refractivity contribution is -0.120. The van der Waals surface area contributed by atoms with E-state index in [1.165, 1.54) is 6.20 Å². The maximum atomic E-state index is 11.2. The van der Waals surface area contributed by atoms with Gasteiger partial charge in [-0.05, 0) is 12.8 Å². The van der Waals surface area contributed by atoms with Crippen LogP contribution in [0, 0.1) is 11.3 Å².